The van der Waals surface area contributed by atoms with Gasteiger partial charge in [-0.2, -0.15) is 13.2 Å². The molecular weight excluding hydrogens is 283 g/mol. The van der Waals surface area contributed by atoms with Crippen molar-refractivity contribution in [3.63, 3.8) is 0 Å². The summed E-state index contributed by atoms with van der Waals surface area (Å²) in [7, 11) is 0. The molecule has 0 radical (unpaired) electrons. The van der Waals surface area contributed by atoms with Crippen LogP contribution in [0, 0.1) is 0 Å². The van der Waals surface area contributed by atoms with E-state index >= 15 is 0 Å². The van der Waals surface area contributed by atoms with Gasteiger partial charge in [0.15, 0.2) is 0 Å². The fourth-order valence-electron chi connectivity index (χ4n) is 1.95. The van der Waals surface area contributed by atoms with Crippen LogP contribution in [0.4, 0.5) is 13.2 Å². The number of hydrogen-bond acceptors (Lipinski definition) is 1. The Labute approximate surface area is 100 Å². The molecule has 1 N–H and O–H groups in total. The van der Waals surface area contributed by atoms with Crippen LogP contribution in [-0.4, -0.2) is 13.1 Å². The SMILES string of the molecule is FC(F)(F)c1cc(Br)cc(C2CCNC2)c1. The minimum absolute atomic E-state index is 0.193. The van der Waals surface area contributed by atoms with Crippen molar-refractivity contribution in [1.82, 2.24) is 5.32 Å². The zero-order valence-electron chi connectivity index (χ0n) is 8.44. The van der Waals surface area contributed by atoms with Crippen LogP contribution in [-0.2, 0) is 6.18 Å². The Bertz CT molecular complexity index is 383. The van der Waals surface area contributed by atoms with Crippen molar-refractivity contribution in [2.75, 3.05) is 13.1 Å². The van der Waals surface area contributed by atoms with Gasteiger partial charge < -0.3 is 5.32 Å². The molecule has 0 aromatic heterocycles. The Hall–Kier alpha value is -0.550. The first-order valence-electron chi connectivity index (χ1n) is 5.05. The molecule has 0 saturated carbocycles. The summed E-state index contributed by atoms with van der Waals surface area (Å²) >= 11 is 3.13. The molecule has 1 fully saturated rings. The van der Waals surface area contributed by atoms with Gasteiger partial charge in [0.05, 0.1) is 5.56 Å². The lowest BCUT2D eigenvalue weighted by molar-refractivity contribution is -0.137. The highest BCUT2D eigenvalue weighted by Crippen LogP contribution is 2.34. The van der Waals surface area contributed by atoms with Gasteiger partial charge in [-0.05, 0) is 42.6 Å². The highest BCUT2D eigenvalue weighted by Gasteiger charge is 2.32. The zero-order valence-corrected chi connectivity index (χ0v) is 10.0. The molecule has 1 unspecified atom stereocenters. The highest BCUT2D eigenvalue weighted by molar-refractivity contribution is 9.10. The number of benzene rings is 1. The topological polar surface area (TPSA) is 12.0 Å². The van der Waals surface area contributed by atoms with Gasteiger partial charge >= 0.3 is 6.18 Å². The number of halogens is 4. The maximum absolute atomic E-state index is 12.6. The lowest BCUT2D eigenvalue weighted by Gasteiger charge is -2.13. The zero-order chi connectivity index (χ0) is 11.8. The summed E-state index contributed by atoms with van der Waals surface area (Å²) in [6.07, 6.45) is -3.38. The molecular formula is C11H11BrF3N. The summed E-state index contributed by atoms with van der Waals surface area (Å²) in [4.78, 5) is 0. The van der Waals surface area contributed by atoms with Crippen LogP contribution in [0.5, 0.6) is 0 Å². The number of nitrogens with one attached hydrogen (secondary N) is 1. The van der Waals surface area contributed by atoms with E-state index in [0.29, 0.717) is 4.47 Å². The lowest BCUT2D eigenvalue weighted by Crippen LogP contribution is -2.10. The van der Waals surface area contributed by atoms with E-state index in [9.17, 15) is 13.2 Å². The predicted octanol–water partition coefficient (Wildman–Crippen LogP) is 3.54. The van der Waals surface area contributed by atoms with Gasteiger partial charge in [0.2, 0.25) is 0 Å². The van der Waals surface area contributed by atoms with Crippen molar-refractivity contribution in [2.45, 2.75) is 18.5 Å². The van der Waals surface area contributed by atoms with E-state index in [1.54, 1.807) is 6.07 Å². The van der Waals surface area contributed by atoms with E-state index in [2.05, 4.69) is 21.2 Å². The van der Waals surface area contributed by atoms with Gasteiger partial charge in [-0.25, -0.2) is 0 Å². The molecule has 1 aromatic rings. The Balaban J connectivity index is 2.35. The summed E-state index contributed by atoms with van der Waals surface area (Å²) < 4.78 is 38.3. The van der Waals surface area contributed by atoms with Crippen molar-refractivity contribution in [1.29, 1.82) is 0 Å². The fraction of sp³-hybridized carbons (Fsp3) is 0.455. The smallest absolute Gasteiger partial charge is 0.316 e. The average molecular weight is 294 g/mol. The molecule has 0 bridgehead atoms. The molecule has 1 saturated heterocycles. The van der Waals surface area contributed by atoms with Gasteiger partial charge in [0, 0.05) is 11.0 Å². The molecule has 1 nitrogen and oxygen atoms in total. The van der Waals surface area contributed by atoms with E-state index in [-0.39, 0.29) is 5.92 Å². The summed E-state index contributed by atoms with van der Waals surface area (Å²) in [6.45, 7) is 1.63. The third-order valence-corrected chi connectivity index (χ3v) is 3.24. The predicted molar refractivity (Wildman–Crippen MR) is 59.4 cm³/mol. The molecule has 5 heteroatoms. The summed E-state index contributed by atoms with van der Waals surface area (Å²) in [5.74, 6) is 0.193. The van der Waals surface area contributed by atoms with Crippen molar-refractivity contribution in [3.05, 3.63) is 33.8 Å². The quantitative estimate of drug-likeness (QED) is 0.835. The molecule has 1 heterocycles. The molecule has 2 rings (SSSR count). The minimum atomic E-state index is -4.27. The minimum Gasteiger partial charge on any atom is -0.316 e. The van der Waals surface area contributed by atoms with Crippen molar-refractivity contribution in [2.24, 2.45) is 0 Å². The largest absolute Gasteiger partial charge is 0.416 e. The van der Waals surface area contributed by atoms with Crippen molar-refractivity contribution < 1.29 is 13.2 Å². The first-order chi connectivity index (χ1) is 7.47. The molecule has 88 valence electrons. The standard InChI is InChI=1S/C11H11BrF3N/c12-10-4-8(7-1-2-16-6-7)3-9(5-10)11(13,14)15/h3-5,7,16H,1-2,6H2. The first-order valence-corrected chi connectivity index (χ1v) is 5.84. The number of rotatable bonds is 1. The second-order valence-electron chi connectivity index (χ2n) is 3.96. The Morgan fingerprint density at radius 3 is 2.56 bits per heavy atom. The lowest BCUT2D eigenvalue weighted by atomic mass is 9.96. The Morgan fingerprint density at radius 1 is 1.25 bits per heavy atom. The van der Waals surface area contributed by atoms with Crippen LogP contribution >= 0.6 is 15.9 Å². The van der Waals surface area contributed by atoms with Crippen LogP contribution in [0.3, 0.4) is 0 Å². The second-order valence-corrected chi connectivity index (χ2v) is 4.88. The summed E-state index contributed by atoms with van der Waals surface area (Å²) in [6, 6.07) is 4.14. The first kappa shape index (κ1) is 11.9. The van der Waals surface area contributed by atoms with E-state index in [1.807, 2.05) is 0 Å². The van der Waals surface area contributed by atoms with Crippen LogP contribution in [0.25, 0.3) is 0 Å². The van der Waals surface area contributed by atoms with E-state index in [1.165, 1.54) is 6.07 Å². The third-order valence-electron chi connectivity index (χ3n) is 2.78. The van der Waals surface area contributed by atoms with Gasteiger partial charge in [-0.1, -0.05) is 15.9 Å². The monoisotopic (exact) mass is 293 g/mol. The van der Waals surface area contributed by atoms with Gasteiger partial charge in [-0.3, -0.25) is 0 Å². The molecule has 16 heavy (non-hydrogen) atoms. The molecule has 1 aliphatic rings. The van der Waals surface area contributed by atoms with Crippen LogP contribution in [0.2, 0.25) is 0 Å². The van der Waals surface area contributed by atoms with E-state index < -0.39 is 11.7 Å². The maximum Gasteiger partial charge on any atom is 0.416 e. The average Bonchev–Trinajstić information content (AvgIpc) is 2.68. The molecule has 0 amide bonds. The van der Waals surface area contributed by atoms with Crippen LogP contribution in [0.1, 0.15) is 23.5 Å². The van der Waals surface area contributed by atoms with Crippen molar-refractivity contribution >= 4 is 15.9 Å². The molecule has 0 aliphatic carbocycles. The third kappa shape index (κ3) is 2.58. The second kappa shape index (κ2) is 4.37. The van der Waals surface area contributed by atoms with Gasteiger partial charge in [0.1, 0.15) is 0 Å². The highest BCUT2D eigenvalue weighted by atomic mass is 79.9. The van der Waals surface area contributed by atoms with Crippen molar-refractivity contribution in [3.8, 4) is 0 Å². The number of alkyl halides is 3. The van der Waals surface area contributed by atoms with E-state index in [4.69, 9.17) is 0 Å². The summed E-state index contributed by atoms with van der Waals surface area (Å²) in [5, 5.41) is 3.15. The normalized spacial score (nSPS) is 21.4. The Kier molecular flexibility index (Phi) is 3.26. The maximum atomic E-state index is 12.6. The molecule has 0 spiro atoms. The number of hydrogen-bond donors (Lipinski definition) is 1. The van der Waals surface area contributed by atoms with Gasteiger partial charge in [0.25, 0.3) is 0 Å². The molecule has 1 aliphatic heterocycles. The van der Waals surface area contributed by atoms with Gasteiger partial charge in [-0.15, -0.1) is 0 Å². The molecule has 1 aromatic carbocycles. The van der Waals surface area contributed by atoms with Crippen LogP contribution in [0.15, 0.2) is 22.7 Å². The van der Waals surface area contributed by atoms with E-state index in [0.717, 1.165) is 31.1 Å². The summed E-state index contributed by atoms with van der Waals surface area (Å²) in [5.41, 5.74) is 0.176. The van der Waals surface area contributed by atoms with Crippen LogP contribution < -0.4 is 5.32 Å². The Morgan fingerprint density at radius 2 is 2.00 bits per heavy atom. The molecule has 1 atom stereocenters. The fourth-order valence-corrected chi connectivity index (χ4v) is 2.46.